The average Bonchev–Trinajstić information content (AvgIpc) is 2.82. The second-order valence-corrected chi connectivity index (χ2v) is 5.70. The Morgan fingerprint density at radius 2 is 2.12 bits per heavy atom. The van der Waals surface area contributed by atoms with E-state index in [9.17, 15) is 0 Å². The molecule has 5 heteroatoms. The number of aromatic nitrogens is 2. The van der Waals surface area contributed by atoms with Crippen molar-refractivity contribution in [2.24, 2.45) is 0 Å². The highest BCUT2D eigenvalue weighted by molar-refractivity contribution is 7.15. The predicted molar refractivity (Wildman–Crippen MR) is 70.1 cm³/mol. The predicted octanol–water partition coefficient (Wildman–Crippen LogP) is 2.99. The molecule has 0 aliphatic rings. The Morgan fingerprint density at radius 1 is 1.31 bits per heavy atom. The van der Waals surface area contributed by atoms with Gasteiger partial charge in [-0.3, -0.25) is 0 Å². The smallest absolute Gasteiger partial charge is 0.107 e. The van der Waals surface area contributed by atoms with Gasteiger partial charge < -0.3 is 5.32 Å². The van der Waals surface area contributed by atoms with Crippen LogP contribution in [-0.2, 0) is 6.54 Å². The molecular weight excluding hydrogens is 238 g/mol. The Hall–Kier alpha value is -0.780. The third-order valence-corrected chi connectivity index (χ3v) is 4.16. The molecule has 3 nitrogen and oxygen atoms in total. The Bertz CT molecular complexity index is 473. The first-order valence-corrected chi connectivity index (χ1v) is 7.00. The molecule has 2 aromatic heterocycles. The lowest BCUT2D eigenvalue weighted by Crippen LogP contribution is -2.11. The zero-order valence-corrected chi connectivity index (χ0v) is 11.3. The van der Waals surface area contributed by atoms with Crippen LogP contribution in [0.25, 0.3) is 10.6 Å². The number of nitrogens with one attached hydrogen (secondary N) is 1. The van der Waals surface area contributed by atoms with Gasteiger partial charge in [-0.05, 0) is 20.4 Å². The number of aryl methyl sites for hydroxylation is 2. The minimum absolute atomic E-state index is 0.859. The molecule has 0 aliphatic heterocycles. The highest BCUT2D eigenvalue weighted by Crippen LogP contribution is 2.30. The van der Waals surface area contributed by atoms with Crippen molar-refractivity contribution in [1.82, 2.24) is 15.3 Å². The Kier molecular flexibility index (Phi) is 3.68. The molecule has 2 aromatic rings. The van der Waals surface area contributed by atoms with Crippen LogP contribution in [0.15, 0.2) is 5.38 Å². The summed E-state index contributed by atoms with van der Waals surface area (Å²) in [4.78, 5) is 10.3. The van der Waals surface area contributed by atoms with Crippen molar-refractivity contribution in [3.05, 3.63) is 21.1 Å². The van der Waals surface area contributed by atoms with Crippen LogP contribution in [0.5, 0.6) is 0 Å². The highest BCUT2D eigenvalue weighted by Gasteiger charge is 2.10. The van der Waals surface area contributed by atoms with Gasteiger partial charge in [0, 0.05) is 11.9 Å². The van der Waals surface area contributed by atoms with Crippen molar-refractivity contribution in [3.8, 4) is 10.6 Å². The van der Waals surface area contributed by atoms with Crippen LogP contribution >= 0.6 is 22.7 Å². The first-order chi connectivity index (χ1) is 7.70. The average molecular weight is 253 g/mol. The largest absolute Gasteiger partial charge is 0.311 e. The lowest BCUT2D eigenvalue weighted by Gasteiger charge is -1.95. The van der Waals surface area contributed by atoms with E-state index in [0.717, 1.165) is 34.5 Å². The molecule has 0 radical (unpaired) electrons. The summed E-state index contributed by atoms with van der Waals surface area (Å²) in [5, 5.41) is 7.65. The van der Waals surface area contributed by atoms with Gasteiger partial charge in [0.2, 0.25) is 0 Å². The Balaban J connectivity index is 2.21. The molecule has 86 valence electrons. The van der Waals surface area contributed by atoms with E-state index in [-0.39, 0.29) is 0 Å². The number of nitrogens with zero attached hydrogens (tertiary/aromatic N) is 2. The van der Waals surface area contributed by atoms with Crippen molar-refractivity contribution in [2.45, 2.75) is 27.3 Å². The van der Waals surface area contributed by atoms with Gasteiger partial charge in [0.25, 0.3) is 0 Å². The zero-order valence-electron chi connectivity index (χ0n) is 9.70. The summed E-state index contributed by atoms with van der Waals surface area (Å²) in [6.45, 7) is 8.02. The SMILES string of the molecule is CCNCc1nc(-c2sc(C)nc2C)cs1. The molecule has 0 amide bonds. The number of rotatable bonds is 4. The van der Waals surface area contributed by atoms with E-state index >= 15 is 0 Å². The fraction of sp³-hybridized carbons (Fsp3) is 0.455. The van der Waals surface area contributed by atoms with Crippen molar-refractivity contribution in [1.29, 1.82) is 0 Å². The molecule has 0 saturated heterocycles. The summed E-state index contributed by atoms with van der Waals surface area (Å²) >= 11 is 3.42. The van der Waals surface area contributed by atoms with E-state index in [0.29, 0.717) is 0 Å². The van der Waals surface area contributed by atoms with Gasteiger partial charge >= 0.3 is 0 Å². The fourth-order valence-electron chi connectivity index (χ4n) is 1.50. The normalized spacial score (nSPS) is 10.9. The summed E-state index contributed by atoms with van der Waals surface area (Å²) in [5.41, 5.74) is 2.16. The molecule has 0 saturated carbocycles. The quantitative estimate of drug-likeness (QED) is 0.910. The maximum Gasteiger partial charge on any atom is 0.107 e. The summed E-state index contributed by atoms with van der Waals surface area (Å²) < 4.78 is 0. The first-order valence-electron chi connectivity index (χ1n) is 5.30. The molecule has 0 aliphatic carbocycles. The van der Waals surface area contributed by atoms with Gasteiger partial charge in [0.15, 0.2) is 0 Å². The standard InChI is InChI=1S/C11H15N3S2/c1-4-12-5-10-14-9(6-15-10)11-7(2)13-8(3)16-11/h6,12H,4-5H2,1-3H3. The third-order valence-electron chi connectivity index (χ3n) is 2.21. The van der Waals surface area contributed by atoms with E-state index in [4.69, 9.17) is 0 Å². The summed E-state index contributed by atoms with van der Waals surface area (Å²) in [5.74, 6) is 0. The Morgan fingerprint density at radius 3 is 2.75 bits per heavy atom. The van der Waals surface area contributed by atoms with E-state index in [1.807, 2.05) is 13.8 Å². The van der Waals surface area contributed by atoms with Gasteiger partial charge in [0.1, 0.15) is 5.01 Å². The Labute approximate surface area is 104 Å². The second kappa shape index (κ2) is 5.03. The molecule has 0 spiro atoms. The summed E-state index contributed by atoms with van der Waals surface area (Å²) in [6.07, 6.45) is 0. The van der Waals surface area contributed by atoms with E-state index in [2.05, 4.69) is 27.6 Å². The van der Waals surface area contributed by atoms with Gasteiger partial charge in [0.05, 0.1) is 21.3 Å². The fourth-order valence-corrected chi connectivity index (χ4v) is 3.21. The van der Waals surface area contributed by atoms with Crippen LogP contribution in [-0.4, -0.2) is 16.5 Å². The molecule has 0 bridgehead atoms. The topological polar surface area (TPSA) is 37.8 Å². The second-order valence-electron chi connectivity index (χ2n) is 3.55. The van der Waals surface area contributed by atoms with E-state index in [1.165, 1.54) is 4.88 Å². The van der Waals surface area contributed by atoms with Crippen LogP contribution in [0.2, 0.25) is 0 Å². The van der Waals surface area contributed by atoms with Crippen molar-refractivity contribution < 1.29 is 0 Å². The number of hydrogen-bond donors (Lipinski definition) is 1. The van der Waals surface area contributed by atoms with Gasteiger partial charge in [-0.2, -0.15) is 0 Å². The minimum atomic E-state index is 0.859. The van der Waals surface area contributed by atoms with Crippen LogP contribution in [0.1, 0.15) is 22.6 Å². The van der Waals surface area contributed by atoms with Crippen molar-refractivity contribution >= 4 is 22.7 Å². The highest BCUT2D eigenvalue weighted by atomic mass is 32.1. The number of thiazole rings is 2. The number of hydrogen-bond acceptors (Lipinski definition) is 5. The van der Waals surface area contributed by atoms with Gasteiger partial charge in [-0.25, -0.2) is 9.97 Å². The minimum Gasteiger partial charge on any atom is -0.311 e. The van der Waals surface area contributed by atoms with Crippen molar-refractivity contribution in [2.75, 3.05) is 6.54 Å². The van der Waals surface area contributed by atoms with Crippen molar-refractivity contribution in [3.63, 3.8) is 0 Å². The molecule has 2 heterocycles. The lowest BCUT2D eigenvalue weighted by atomic mass is 10.3. The first kappa shape index (κ1) is 11.7. The molecule has 16 heavy (non-hydrogen) atoms. The maximum absolute atomic E-state index is 4.62. The lowest BCUT2D eigenvalue weighted by molar-refractivity contribution is 0.723. The molecule has 0 unspecified atom stereocenters. The van der Waals surface area contributed by atoms with E-state index < -0.39 is 0 Å². The van der Waals surface area contributed by atoms with Crippen LogP contribution in [0, 0.1) is 13.8 Å². The monoisotopic (exact) mass is 253 g/mol. The van der Waals surface area contributed by atoms with E-state index in [1.54, 1.807) is 22.7 Å². The van der Waals surface area contributed by atoms with Gasteiger partial charge in [-0.1, -0.05) is 6.92 Å². The molecule has 0 atom stereocenters. The molecule has 0 fully saturated rings. The third kappa shape index (κ3) is 2.48. The molecular formula is C11H15N3S2. The molecule has 2 rings (SSSR count). The van der Waals surface area contributed by atoms with Crippen LogP contribution < -0.4 is 5.32 Å². The zero-order chi connectivity index (χ0) is 11.5. The maximum atomic E-state index is 4.62. The van der Waals surface area contributed by atoms with Crippen LogP contribution in [0.3, 0.4) is 0 Å². The van der Waals surface area contributed by atoms with Crippen LogP contribution in [0.4, 0.5) is 0 Å². The summed E-state index contributed by atoms with van der Waals surface area (Å²) in [7, 11) is 0. The molecule has 1 N–H and O–H groups in total. The van der Waals surface area contributed by atoms with Gasteiger partial charge in [-0.15, -0.1) is 22.7 Å². The summed E-state index contributed by atoms with van der Waals surface area (Å²) in [6, 6.07) is 0. The molecule has 0 aromatic carbocycles.